The molecule has 1 unspecified atom stereocenters. The molecule has 7 heteroatoms. The van der Waals surface area contributed by atoms with Crippen molar-refractivity contribution in [3.05, 3.63) is 65.7 Å². The SMILES string of the molecule is CCC1(c2cccc(OC(=O)[C@H](CC(=O)N[C@H](C(=O)O)C(C)C)c3ccccc3)c2)CCCCN(C)C1. The lowest BCUT2D eigenvalue weighted by Crippen LogP contribution is -2.45. The van der Waals surface area contributed by atoms with Crippen LogP contribution < -0.4 is 10.1 Å². The minimum absolute atomic E-state index is 0.00489. The molecule has 0 aromatic heterocycles. The van der Waals surface area contributed by atoms with Crippen molar-refractivity contribution in [3.63, 3.8) is 0 Å². The molecule has 0 spiro atoms. The summed E-state index contributed by atoms with van der Waals surface area (Å²) in [6.07, 6.45) is 4.19. The van der Waals surface area contributed by atoms with Crippen molar-refractivity contribution in [2.24, 2.45) is 5.92 Å². The maximum atomic E-state index is 13.4. The first kappa shape index (κ1) is 28.4. The number of carboxylic acid groups (broad SMARTS) is 1. The Kier molecular flexibility index (Phi) is 9.86. The molecule has 0 bridgehead atoms. The van der Waals surface area contributed by atoms with Crippen LogP contribution >= 0.6 is 0 Å². The summed E-state index contributed by atoms with van der Waals surface area (Å²) >= 11 is 0. The first-order valence-corrected chi connectivity index (χ1v) is 13.2. The molecule has 1 aliphatic heterocycles. The van der Waals surface area contributed by atoms with Crippen LogP contribution in [0.3, 0.4) is 0 Å². The molecule has 1 aliphatic rings. The number of esters is 1. The molecular formula is C30H40N2O5. The highest BCUT2D eigenvalue weighted by Gasteiger charge is 2.34. The van der Waals surface area contributed by atoms with E-state index in [1.54, 1.807) is 44.2 Å². The Morgan fingerprint density at radius 2 is 1.81 bits per heavy atom. The number of nitrogens with zero attached hydrogens (tertiary/aromatic N) is 1. The van der Waals surface area contributed by atoms with Gasteiger partial charge in [-0.3, -0.25) is 9.59 Å². The van der Waals surface area contributed by atoms with Gasteiger partial charge in [0.1, 0.15) is 11.8 Å². The Morgan fingerprint density at radius 3 is 2.46 bits per heavy atom. The molecule has 1 saturated heterocycles. The number of hydrogen-bond donors (Lipinski definition) is 2. The van der Waals surface area contributed by atoms with Gasteiger partial charge in [-0.2, -0.15) is 0 Å². The quantitative estimate of drug-likeness (QED) is 0.355. The Bertz CT molecular complexity index is 1070. The molecule has 0 radical (unpaired) electrons. The average molecular weight is 509 g/mol. The zero-order valence-corrected chi connectivity index (χ0v) is 22.4. The highest BCUT2D eigenvalue weighted by atomic mass is 16.5. The van der Waals surface area contributed by atoms with Crippen LogP contribution in [-0.4, -0.2) is 54.0 Å². The van der Waals surface area contributed by atoms with Gasteiger partial charge in [-0.15, -0.1) is 0 Å². The van der Waals surface area contributed by atoms with E-state index in [0.717, 1.165) is 37.9 Å². The molecule has 0 saturated carbocycles. The monoisotopic (exact) mass is 508 g/mol. The van der Waals surface area contributed by atoms with Crippen molar-refractivity contribution in [3.8, 4) is 5.75 Å². The number of amides is 1. The first-order chi connectivity index (χ1) is 17.6. The Balaban J connectivity index is 1.82. The topological polar surface area (TPSA) is 95.9 Å². The minimum atomic E-state index is -1.10. The molecule has 0 aliphatic carbocycles. The Hall–Kier alpha value is -3.19. The fraction of sp³-hybridized carbons (Fsp3) is 0.500. The third kappa shape index (κ3) is 7.41. The lowest BCUT2D eigenvalue weighted by molar-refractivity contribution is -0.143. The summed E-state index contributed by atoms with van der Waals surface area (Å²) in [7, 11) is 2.16. The maximum absolute atomic E-state index is 13.4. The number of rotatable bonds is 10. The predicted molar refractivity (Wildman–Crippen MR) is 144 cm³/mol. The van der Waals surface area contributed by atoms with E-state index < -0.39 is 29.8 Å². The van der Waals surface area contributed by atoms with Gasteiger partial charge in [0, 0.05) is 18.4 Å². The summed E-state index contributed by atoms with van der Waals surface area (Å²) in [6, 6.07) is 15.7. The Labute approximate surface area is 220 Å². The highest BCUT2D eigenvalue weighted by Crippen LogP contribution is 2.38. The molecule has 2 aromatic rings. The van der Waals surface area contributed by atoms with Crippen LogP contribution in [0.5, 0.6) is 5.75 Å². The summed E-state index contributed by atoms with van der Waals surface area (Å²) < 4.78 is 5.86. The lowest BCUT2D eigenvalue weighted by atomic mass is 9.74. The zero-order valence-electron chi connectivity index (χ0n) is 22.4. The van der Waals surface area contributed by atoms with Gasteiger partial charge in [-0.1, -0.05) is 69.7 Å². The van der Waals surface area contributed by atoms with E-state index in [-0.39, 0.29) is 17.8 Å². The molecule has 1 amide bonds. The van der Waals surface area contributed by atoms with Gasteiger partial charge >= 0.3 is 11.9 Å². The van der Waals surface area contributed by atoms with Crippen LogP contribution in [0.4, 0.5) is 0 Å². The van der Waals surface area contributed by atoms with Crippen molar-refractivity contribution in [2.45, 2.75) is 70.3 Å². The van der Waals surface area contributed by atoms with Crippen LogP contribution in [0.25, 0.3) is 0 Å². The standard InChI is InChI=1S/C30H40N2O5/c1-5-30(16-9-10-17-32(4)20-30)23-14-11-15-24(18-23)37-29(36)25(22-12-7-6-8-13-22)19-26(33)31-27(21(2)3)28(34)35/h6-8,11-15,18,21,25,27H,5,9-10,16-17,19-20H2,1-4H3,(H,31,33)(H,34,35)/t25-,27+,30?/m1/s1. The van der Waals surface area contributed by atoms with Gasteiger partial charge in [0.05, 0.1) is 5.92 Å². The average Bonchev–Trinajstić information content (AvgIpc) is 3.08. The van der Waals surface area contributed by atoms with Crippen molar-refractivity contribution in [1.82, 2.24) is 10.2 Å². The van der Waals surface area contributed by atoms with Crippen molar-refractivity contribution in [1.29, 1.82) is 0 Å². The largest absolute Gasteiger partial charge is 0.480 e. The predicted octanol–water partition coefficient (Wildman–Crippen LogP) is 4.75. The number of carbonyl (C=O) groups is 3. The summed E-state index contributed by atoms with van der Waals surface area (Å²) in [5, 5.41) is 12.0. The van der Waals surface area contributed by atoms with Crippen LogP contribution in [0.2, 0.25) is 0 Å². The molecule has 200 valence electrons. The molecule has 3 rings (SSSR count). The van der Waals surface area contributed by atoms with E-state index in [4.69, 9.17) is 4.74 Å². The van der Waals surface area contributed by atoms with E-state index in [1.165, 1.54) is 6.42 Å². The second-order valence-corrected chi connectivity index (χ2v) is 10.6. The fourth-order valence-electron chi connectivity index (χ4n) is 5.28. The lowest BCUT2D eigenvalue weighted by Gasteiger charge is -2.35. The second kappa shape index (κ2) is 12.9. The number of nitrogens with one attached hydrogen (secondary N) is 1. The summed E-state index contributed by atoms with van der Waals surface area (Å²) in [5.41, 5.74) is 1.80. The third-order valence-electron chi connectivity index (χ3n) is 7.48. The van der Waals surface area contributed by atoms with Crippen LogP contribution in [0.1, 0.15) is 69.9 Å². The molecule has 1 fully saturated rings. The van der Waals surface area contributed by atoms with Crippen molar-refractivity contribution in [2.75, 3.05) is 20.1 Å². The van der Waals surface area contributed by atoms with Gasteiger partial charge in [0.15, 0.2) is 0 Å². The number of likely N-dealkylation sites (N-methyl/N-ethyl adjacent to an activating group) is 1. The van der Waals surface area contributed by atoms with Crippen molar-refractivity contribution >= 4 is 17.8 Å². The molecule has 2 aromatic carbocycles. The first-order valence-electron chi connectivity index (χ1n) is 13.2. The highest BCUT2D eigenvalue weighted by molar-refractivity contribution is 5.89. The van der Waals surface area contributed by atoms with Crippen molar-refractivity contribution < 1.29 is 24.2 Å². The van der Waals surface area contributed by atoms with Gasteiger partial charge in [-0.05, 0) is 62.0 Å². The fourth-order valence-corrected chi connectivity index (χ4v) is 5.28. The smallest absolute Gasteiger partial charge is 0.326 e. The number of hydrogen-bond acceptors (Lipinski definition) is 5. The molecular weight excluding hydrogens is 468 g/mol. The van der Waals surface area contributed by atoms with Gasteiger partial charge in [-0.25, -0.2) is 4.79 Å². The summed E-state index contributed by atoms with van der Waals surface area (Å²) in [4.78, 5) is 40.2. The van der Waals surface area contributed by atoms with E-state index in [1.807, 2.05) is 18.2 Å². The van der Waals surface area contributed by atoms with E-state index in [2.05, 4.69) is 30.3 Å². The molecule has 1 heterocycles. The van der Waals surface area contributed by atoms with E-state index >= 15 is 0 Å². The zero-order chi connectivity index (χ0) is 27.0. The number of carboxylic acids is 1. The van der Waals surface area contributed by atoms with Gasteiger partial charge in [0.2, 0.25) is 5.91 Å². The summed E-state index contributed by atoms with van der Waals surface area (Å²) in [5.74, 6) is -2.86. The number of benzene rings is 2. The number of aliphatic carboxylic acids is 1. The molecule has 37 heavy (non-hydrogen) atoms. The normalized spacial score (nSPS) is 20.0. The van der Waals surface area contributed by atoms with Gasteiger partial charge < -0.3 is 20.1 Å². The van der Waals surface area contributed by atoms with Crippen LogP contribution in [0.15, 0.2) is 54.6 Å². The van der Waals surface area contributed by atoms with Crippen LogP contribution in [0, 0.1) is 5.92 Å². The molecule has 7 nitrogen and oxygen atoms in total. The number of ether oxygens (including phenoxy) is 1. The summed E-state index contributed by atoms with van der Waals surface area (Å²) in [6.45, 7) is 7.70. The van der Waals surface area contributed by atoms with Crippen LogP contribution in [-0.2, 0) is 19.8 Å². The minimum Gasteiger partial charge on any atom is -0.480 e. The molecule has 3 atom stereocenters. The maximum Gasteiger partial charge on any atom is 0.326 e. The second-order valence-electron chi connectivity index (χ2n) is 10.6. The Morgan fingerprint density at radius 1 is 1.08 bits per heavy atom. The van der Waals surface area contributed by atoms with E-state index in [0.29, 0.717) is 11.3 Å². The number of carbonyl (C=O) groups excluding carboxylic acids is 2. The number of likely N-dealkylation sites (tertiary alicyclic amines) is 1. The van der Waals surface area contributed by atoms with Gasteiger partial charge in [0.25, 0.3) is 0 Å². The van der Waals surface area contributed by atoms with E-state index in [9.17, 15) is 19.5 Å². The molecule has 2 N–H and O–H groups in total. The third-order valence-corrected chi connectivity index (χ3v) is 7.48.